The fraction of sp³-hybridized carbons (Fsp3) is 0.895. The molecule has 0 radical (unpaired) electrons. The molecule has 172 valence electrons. The molecule has 3 N–H and O–H groups in total. The number of rotatable bonds is 9. The minimum Gasteiger partial charge on any atom is -0.377 e. The van der Waals surface area contributed by atoms with Crippen LogP contribution in [0.3, 0.4) is 0 Å². The molecule has 0 aromatic rings. The summed E-state index contributed by atoms with van der Waals surface area (Å²) < 4.78 is 32.7. The Kier molecular flexibility index (Phi) is 8.72. The molecule has 1 amide bonds. The van der Waals surface area contributed by atoms with Gasteiger partial charge in [-0.1, -0.05) is 0 Å². The summed E-state index contributed by atoms with van der Waals surface area (Å²) >= 11 is 0. The third-order valence-electron chi connectivity index (χ3n) is 5.65. The molecule has 30 heavy (non-hydrogen) atoms. The molecule has 11 heteroatoms. The molecule has 1 saturated carbocycles. The van der Waals surface area contributed by atoms with E-state index in [-0.39, 0.29) is 24.3 Å². The van der Waals surface area contributed by atoms with Crippen LogP contribution in [0.4, 0.5) is 0 Å². The molecule has 0 aromatic heterocycles. The summed E-state index contributed by atoms with van der Waals surface area (Å²) in [6.07, 6.45) is 5.22. The third-order valence-corrected chi connectivity index (χ3v) is 7.00. The molecule has 0 spiro atoms. The average molecular weight is 445 g/mol. The van der Waals surface area contributed by atoms with Crippen molar-refractivity contribution in [3.8, 4) is 0 Å². The van der Waals surface area contributed by atoms with Gasteiger partial charge in [-0.25, -0.2) is 13.1 Å². The molecule has 1 aliphatic carbocycles. The van der Waals surface area contributed by atoms with Crippen LogP contribution >= 0.6 is 0 Å². The molecule has 3 aliphatic rings. The number of ether oxygens (including phenoxy) is 1. The van der Waals surface area contributed by atoms with Crippen molar-refractivity contribution in [2.45, 2.75) is 44.2 Å². The second-order valence-electron chi connectivity index (χ2n) is 8.23. The number of piperazine rings is 1. The highest BCUT2D eigenvalue weighted by Crippen LogP contribution is 2.18. The Bertz CT molecular complexity index is 683. The molecular formula is C19H36N6O4S. The van der Waals surface area contributed by atoms with Crippen LogP contribution < -0.4 is 15.4 Å². The van der Waals surface area contributed by atoms with E-state index in [1.165, 1.54) is 0 Å². The molecule has 10 nitrogen and oxygen atoms in total. The van der Waals surface area contributed by atoms with Crippen LogP contribution in [0.1, 0.15) is 32.1 Å². The summed E-state index contributed by atoms with van der Waals surface area (Å²) in [5.74, 6) is 0.785. The molecule has 1 atom stereocenters. The van der Waals surface area contributed by atoms with Gasteiger partial charge in [0.1, 0.15) is 0 Å². The normalized spacial score (nSPS) is 24.0. The molecule has 3 rings (SSSR count). The van der Waals surface area contributed by atoms with Gasteiger partial charge in [-0.05, 0) is 32.1 Å². The zero-order valence-electron chi connectivity index (χ0n) is 17.9. The minimum absolute atomic E-state index is 0.0138. The van der Waals surface area contributed by atoms with Crippen LogP contribution in [0.5, 0.6) is 0 Å². The second kappa shape index (κ2) is 11.3. The van der Waals surface area contributed by atoms with Gasteiger partial charge in [0.15, 0.2) is 5.96 Å². The Hall–Kier alpha value is -1.43. The molecule has 2 heterocycles. The molecule has 0 aromatic carbocycles. The SMILES string of the molecule is CN=C(NCCS(=O)(=O)NCC1CCCCO1)N1CCN(CC(=O)NC2CC2)CC1. The van der Waals surface area contributed by atoms with Crippen molar-refractivity contribution in [3.05, 3.63) is 0 Å². The largest absolute Gasteiger partial charge is 0.377 e. The topological polar surface area (TPSA) is 115 Å². The number of hydrogen-bond acceptors (Lipinski definition) is 6. The van der Waals surface area contributed by atoms with Crippen LogP contribution in [0.15, 0.2) is 4.99 Å². The van der Waals surface area contributed by atoms with Crippen molar-refractivity contribution in [3.63, 3.8) is 0 Å². The van der Waals surface area contributed by atoms with Crippen molar-refractivity contribution >= 4 is 21.9 Å². The first-order valence-corrected chi connectivity index (χ1v) is 12.7. The molecule has 3 fully saturated rings. The first kappa shape index (κ1) is 23.2. The highest BCUT2D eigenvalue weighted by molar-refractivity contribution is 7.89. The van der Waals surface area contributed by atoms with E-state index >= 15 is 0 Å². The van der Waals surface area contributed by atoms with Crippen molar-refractivity contribution in [2.24, 2.45) is 4.99 Å². The van der Waals surface area contributed by atoms with Crippen LogP contribution in [0, 0.1) is 0 Å². The van der Waals surface area contributed by atoms with Crippen molar-refractivity contribution in [1.82, 2.24) is 25.2 Å². The van der Waals surface area contributed by atoms with Gasteiger partial charge in [0.05, 0.1) is 18.4 Å². The number of nitrogens with zero attached hydrogens (tertiary/aromatic N) is 3. The number of guanidine groups is 1. The Balaban J connectivity index is 1.32. The fourth-order valence-corrected chi connectivity index (χ4v) is 4.67. The van der Waals surface area contributed by atoms with Crippen LogP contribution in [0.25, 0.3) is 0 Å². The number of hydrogen-bond donors (Lipinski definition) is 3. The van der Waals surface area contributed by atoms with Crippen molar-refractivity contribution in [1.29, 1.82) is 0 Å². The fourth-order valence-electron chi connectivity index (χ4n) is 3.71. The summed E-state index contributed by atoms with van der Waals surface area (Å²) in [7, 11) is -1.66. The Morgan fingerprint density at radius 3 is 2.53 bits per heavy atom. The lowest BCUT2D eigenvalue weighted by Crippen LogP contribution is -2.54. The maximum atomic E-state index is 12.2. The van der Waals surface area contributed by atoms with E-state index in [0.29, 0.717) is 31.7 Å². The standard InChI is InChI=1S/C19H36N6O4S/c1-20-19(21-7-13-30(27,28)22-14-17-4-2-3-12-29-17)25-10-8-24(9-11-25)15-18(26)23-16-5-6-16/h16-17,22H,2-15H2,1H3,(H,20,21)(H,23,26). The van der Waals surface area contributed by atoms with E-state index in [1.807, 2.05) is 0 Å². The average Bonchev–Trinajstić information content (AvgIpc) is 3.55. The zero-order valence-corrected chi connectivity index (χ0v) is 18.8. The summed E-state index contributed by atoms with van der Waals surface area (Å²) in [6.45, 7) is 4.83. The summed E-state index contributed by atoms with van der Waals surface area (Å²) in [5.41, 5.74) is 0. The predicted molar refractivity (Wildman–Crippen MR) is 116 cm³/mol. The van der Waals surface area contributed by atoms with Gasteiger partial charge in [-0.3, -0.25) is 14.7 Å². The molecule has 1 unspecified atom stereocenters. The monoisotopic (exact) mass is 444 g/mol. The lowest BCUT2D eigenvalue weighted by atomic mass is 10.1. The zero-order chi connectivity index (χ0) is 21.4. The highest BCUT2D eigenvalue weighted by Gasteiger charge is 2.26. The van der Waals surface area contributed by atoms with E-state index in [9.17, 15) is 13.2 Å². The Morgan fingerprint density at radius 1 is 1.13 bits per heavy atom. The minimum atomic E-state index is -3.36. The van der Waals surface area contributed by atoms with E-state index in [2.05, 4.69) is 30.1 Å². The maximum Gasteiger partial charge on any atom is 0.234 e. The third kappa shape index (κ3) is 8.01. The van der Waals surface area contributed by atoms with Gasteiger partial charge in [0.2, 0.25) is 15.9 Å². The first-order chi connectivity index (χ1) is 14.4. The lowest BCUT2D eigenvalue weighted by molar-refractivity contribution is -0.122. The number of nitrogens with one attached hydrogen (secondary N) is 3. The van der Waals surface area contributed by atoms with Gasteiger partial charge < -0.3 is 20.3 Å². The van der Waals surface area contributed by atoms with Gasteiger partial charge in [0, 0.05) is 59.0 Å². The highest BCUT2D eigenvalue weighted by atomic mass is 32.2. The van der Waals surface area contributed by atoms with E-state index < -0.39 is 10.0 Å². The number of amides is 1. The molecule has 2 saturated heterocycles. The maximum absolute atomic E-state index is 12.2. The lowest BCUT2D eigenvalue weighted by Gasteiger charge is -2.36. The van der Waals surface area contributed by atoms with Crippen LogP contribution in [0.2, 0.25) is 0 Å². The predicted octanol–water partition coefficient (Wildman–Crippen LogP) is -1.05. The van der Waals surface area contributed by atoms with Gasteiger partial charge in [-0.15, -0.1) is 0 Å². The number of sulfonamides is 1. The van der Waals surface area contributed by atoms with Gasteiger partial charge in [-0.2, -0.15) is 0 Å². The number of aliphatic imine (C=N–C) groups is 1. The van der Waals surface area contributed by atoms with E-state index in [0.717, 1.165) is 58.3 Å². The van der Waals surface area contributed by atoms with Crippen molar-refractivity contribution < 1.29 is 17.9 Å². The van der Waals surface area contributed by atoms with E-state index in [1.54, 1.807) is 7.05 Å². The molecule has 2 aliphatic heterocycles. The summed E-state index contributed by atoms with van der Waals surface area (Å²) in [4.78, 5) is 20.5. The summed E-state index contributed by atoms with van der Waals surface area (Å²) in [6, 6.07) is 0.391. The van der Waals surface area contributed by atoms with Crippen LogP contribution in [-0.2, 0) is 19.6 Å². The molecule has 0 bridgehead atoms. The first-order valence-electron chi connectivity index (χ1n) is 11.0. The second-order valence-corrected chi connectivity index (χ2v) is 10.2. The smallest absolute Gasteiger partial charge is 0.234 e. The van der Waals surface area contributed by atoms with E-state index in [4.69, 9.17) is 4.74 Å². The Morgan fingerprint density at radius 2 is 1.90 bits per heavy atom. The Labute approximate surface area is 179 Å². The number of carbonyl (C=O) groups excluding carboxylic acids is 1. The van der Waals surface area contributed by atoms with Crippen LogP contribution in [-0.4, -0.2) is 107 Å². The summed E-state index contributed by atoms with van der Waals surface area (Å²) in [5, 5.41) is 6.17. The quantitative estimate of drug-likeness (QED) is 0.307. The van der Waals surface area contributed by atoms with Crippen molar-refractivity contribution in [2.75, 3.05) is 65.2 Å². The number of carbonyl (C=O) groups is 1. The van der Waals surface area contributed by atoms with Gasteiger partial charge in [0.25, 0.3) is 0 Å². The molecular weight excluding hydrogens is 408 g/mol. The van der Waals surface area contributed by atoms with Gasteiger partial charge >= 0.3 is 0 Å².